The number of hydrogen-bond acceptors (Lipinski definition) is 4. The van der Waals surface area contributed by atoms with Crippen molar-refractivity contribution in [3.63, 3.8) is 0 Å². The second kappa shape index (κ2) is 12.7. The van der Waals surface area contributed by atoms with Crippen molar-refractivity contribution in [2.45, 2.75) is 45.4 Å². The van der Waals surface area contributed by atoms with E-state index in [2.05, 4.69) is 33.9 Å². The molecule has 222 valence electrons. The summed E-state index contributed by atoms with van der Waals surface area (Å²) >= 11 is 0. The highest BCUT2D eigenvalue weighted by molar-refractivity contribution is 6.01. The van der Waals surface area contributed by atoms with Gasteiger partial charge in [0.25, 0.3) is 0 Å². The van der Waals surface area contributed by atoms with Gasteiger partial charge in [0.15, 0.2) is 0 Å². The molecule has 1 aliphatic carbocycles. The van der Waals surface area contributed by atoms with Crippen molar-refractivity contribution in [2.75, 3.05) is 33.4 Å². The molecule has 1 heterocycles. The SMILES string of the molecule is COC(=O)c1ccc2c(c1)CCCC(c1cccc(OC(F)(F)F)c1C)=C2c1ccc(CC2CN(CCCF)C2)cc1. The molecule has 0 spiro atoms. The number of alkyl halides is 4. The van der Waals surface area contributed by atoms with Crippen LogP contribution in [-0.4, -0.2) is 50.7 Å². The molecule has 0 bridgehead atoms. The van der Waals surface area contributed by atoms with E-state index in [4.69, 9.17) is 4.74 Å². The van der Waals surface area contributed by atoms with Crippen molar-refractivity contribution >= 4 is 17.1 Å². The van der Waals surface area contributed by atoms with Crippen molar-refractivity contribution in [1.82, 2.24) is 4.90 Å². The van der Waals surface area contributed by atoms with Gasteiger partial charge in [-0.05, 0) is 108 Å². The van der Waals surface area contributed by atoms with Gasteiger partial charge in [-0.3, -0.25) is 4.39 Å². The molecule has 0 amide bonds. The van der Waals surface area contributed by atoms with Crippen LogP contribution in [0.15, 0.2) is 60.7 Å². The van der Waals surface area contributed by atoms with Crippen LogP contribution in [0.5, 0.6) is 5.75 Å². The van der Waals surface area contributed by atoms with E-state index in [1.165, 1.54) is 18.7 Å². The first kappa shape index (κ1) is 29.8. The number of esters is 1. The Hall–Kier alpha value is -3.65. The number of hydrogen-bond donors (Lipinski definition) is 0. The fourth-order valence-electron chi connectivity index (χ4n) is 6.22. The average Bonchev–Trinajstić information content (AvgIpc) is 3.13. The predicted octanol–water partition coefficient (Wildman–Crippen LogP) is 7.81. The highest BCUT2D eigenvalue weighted by Crippen LogP contribution is 2.43. The van der Waals surface area contributed by atoms with Crippen LogP contribution in [-0.2, 0) is 17.6 Å². The average molecular weight is 582 g/mol. The standard InChI is InChI=1S/C34H35F4NO3/c1-22-28(7-4-9-31(22)42-34(36,37)38)30-8-3-6-26-19-27(33(40)41-2)14-15-29(26)32(30)25-12-10-23(11-13-25)18-24-20-39(21-24)17-5-16-35/h4,7,9-15,19,24H,3,5-6,8,16-18,20-21H2,1-2H3. The zero-order chi connectivity index (χ0) is 29.9. The van der Waals surface area contributed by atoms with Crippen molar-refractivity contribution in [3.05, 3.63) is 99.6 Å². The minimum absolute atomic E-state index is 0.214. The minimum atomic E-state index is -4.79. The molecule has 0 atom stereocenters. The number of methoxy groups -OCH3 is 1. The molecular formula is C34H35F4NO3. The van der Waals surface area contributed by atoms with Crippen LogP contribution in [0.4, 0.5) is 17.6 Å². The largest absolute Gasteiger partial charge is 0.573 e. The van der Waals surface area contributed by atoms with Crippen LogP contribution in [0.1, 0.15) is 63.0 Å². The van der Waals surface area contributed by atoms with Gasteiger partial charge in [-0.25, -0.2) is 4.79 Å². The zero-order valence-corrected chi connectivity index (χ0v) is 23.9. The lowest BCUT2D eigenvalue weighted by Gasteiger charge is -2.39. The summed E-state index contributed by atoms with van der Waals surface area (Å²) in [7, 11) is 1.35. The number of halogens is 4. The Morgan fingerprint density at radius 2 is 1.76 bits per heavy atom. The summed E-state index contributed by atoms with van der Waals surface area (Å²) in [6.07, 6.45) is -1.16. The predicted molar refractivity (Wildman–Crippen MR) is 155 cm³/mol. The molecule has 42 heavy (non-hydrogen) atoms. The number of aryl methyl sites for hydroxylation is 1. The number of likely N-dealkylation sites (tertiary alicyclic amines) is 1. The van der Waals surface area contributed by atoms with Crippen LogP contribution in [0.2, 0.25) is 0 Å². The molecule has 3 aromatic carbocycles. The minimum Gasteiger partial charge on any atom is -0.465 e. The van der Waals surface area contributed by atoms with Gasteiger partial charge in [-0.2, -0.15) is 0 Å². The number of carbonyl (C=O) groups is 1. The third-order valence-electron chi connectivity index (χ3n) is 8.21. The van der Waals surface area contributed by atoms with Gasteiger partial charge in [0.1, 0.15) is 5.75 Å². The van der Waals surface area contributed by atoms with Gasteiger partial charge in [0, 0.05) is 19.6 Å². The van der Waals surface area contributed by atoms with Gasteiger partial charge < -0.3 is 14.4 Å². The summed E-state index contributed by atoms with van der Waals surface area (Å²) < 4.78 is 61.3. The van der Waals surface area contributed by atoms with E-state index in [0.29, 0.717) is 41.9 Å². The fraction of sp³-hybridized carbons (Fsp3) is 0.382. The number of ether oxygens (including phenoxy) is 2. The van der Waals surface area contributed by atoms with Crippen LogP contribution in [0, 0.1) is 12.8 Å². The summed E-state index contributed by atoms with van der Waals surface area (Å²) in [5.74, 6) is -0.0855. The van der Waals surface area contributed by atoms with Crippen LogP contribution in [0.25, 0.3) is 11.1 Å². The summed E-state index contributed by atoms with van der Waals surface area (Å²) in [4.78, 5) is 14.6. The number of nitrogens with zero attached hydrogens (tertiary/aromatic N) is 1. The topological polar surface area (TPSA) is 38.8 Å². The molecule has 1 aliphatic heterocycles. The molecule has 1 saturated heterocycles. The van der Waals surface area contributed by atoms with E-state index in [-0.39, 0.29) is 12.4 Å². The van der Waals surface area contributed by atoms with Crippen LogP contribution >= 0.6 is 0 Å². The first-order valence-corrected chi connectivity index (χ1v) is 14.3. The third-order valence-corrected chi connectivity index (χ3v) is 8.21. The molecular weight excluding hydrogens is 546 g/mol. The van der Waals surface area contributed by atoms with Crippen molar-refractivity contribution in [1.29, 1.82) is 0 Å². The van der Waals surface area contributed by atoms with Gasteiger partial charge in [-0.15, -0.1) is 13.2 Å². The molecule has 0 aromatic heterocycles. The molecule has 3 aromatic rings. The van der Waals surface area contributed by atoms with E-state index in [1.54, 1.807) is 19.1 Å². The molecule has 8 heteroatoms. The van der Waals surface area contributed by atoms with Gasteiger partial charge >= 0.3 is 12.3 Å². The lowest BCUT2D eigenvalue weighted by molar-refractivity contribution is -0.274. The molecule has 0 N–H and O–H groups in total. The zero-order valence-electron chi connectivity index (χ0n) is 23.9. The van der Waals surface area contributed by atoms with E-state index in [9.17, 15) is 22.4 Å². The summed E-state index contributed by atoms with van der Waals surface area (Å²) in [5, 5.41) is 0. The lowest BCUT2D eigenvalue weighted by Crippen LogP contribution is -2.47. The maximum atomic E-state index is 13.2. The smallest absolute Gasteiger partial charge is 0.465 e. The van der Waals surface area contributed by atoms with E-state index in [1.807, 2.05) is 18.2 Å². The number of carbonyl (C=O) groups excluding carboxylic acids is 1. The number of benzene rings is 3. The first-order valence-electron chi connectivity index (χ1n) is 14.3. The van der Waals surface area contributed by atoms with Gasteiger partial charge in [0.05, 0.1) is 19.3 Å². The monoisotopic (exact) mass is 581 g/mol. The van der Waals surface area contributed by atoms with Crippen molar-refractivity contribution in [3.8, 4) is 5.75 Å². The first-order chi connectivity index (χ1) is 20.2. The van der Waals surface area contributed by atoms with E-state index in [0.717, 1.165) is 60.3 Å². The molecule has 2 aliphatic rings. The maximum absolute atomic E-state index is 13.2. The molecule has 0 radical (unpaired) electrons. The molecule has 1 fully saturated rings. The normalized spacial score (nSPS) is 16.0. The summed E-state index contributed by atoms with van der Waals surface area (Å²) in [6, 6.07) is 18.7. The van der Waals surface area contributed by atoms with Gasteiger partial charge in [-0.1, -0.05) is 42.5 Å². The maximum Gasteiger partial charge on any atom is 0.573 e. The van der Waals surface area contributed by atoms with Gasteiger partial charge in [0.2, 0.25) is 0 Å². The summed E-state index contributed by atoms with van der Waals surface area (Å²) in [5.41, 5.74) is 7.61. The Morgan fingerprint density at radius 1 is 1.00 bits per heavy atom. The number of fused-ring (bicyclic) bond motifs is 1. The Kier molecular flexibility index (Phi) is 9.02. The fourth-order valence-corrected chi connectivity index (χ4v) is 6.22. The Balaban J connectivity index is 1.54. The second-order valence-electron chi connectivity index (χ2n) is 11.1. The Bertz CT molecular complexity index is 1460. The highest BCUT2D eigenvalue weighted by atomic mass is 19.4. The van der Waals surface area contributed by atoms with Crippen molar-refractivity contribution in [2.24, 2.45) is 5.92 Å². The number of rotatable bonds is 9. The van der Waals surface area contributed by atoms with Crippen molar-refractivity contribution < 1.29 is 31.8 Å². The number of allylic oxidation sites excluding steroid dienone is 1. The molecule has 5 rings (SSSR count). The van der Waals surface area contributed by atoms with Crippen LogP contribution < -0.4 is 4.74 Å². The Morgan fingerprint density at radius 3 is 2.45 bits per heavy atom. The second-order valence-corrected chi connectivity index (χ2v) is 11.1. The quantitative estimate of drug-likeness (QED) is 0.191. The van der Waals surface area contributed by atoms with Crippen LogP contribution in [0.3, 0.4) is 0 Å². The Labute approximate surface area is 243 Å². The lowest BCUT2D eigenvalue weighted by atomic mass is 9.85. The van der Waals surface area contributed by atoms with E-state index >= 15 is 0 Å². The van der Waals surface area contributed by atoms with E-state index < -0.39 is 12.3 Å². The third kappa shape index (κ3) is 6.70. The molecule has 4 nitrogen and oxygen atoms in total. The molecule has 0 unspecified atom stereocenters. The summed E-state index contributed by atoms with van der Waals surface area (Å²) in [6.45, 7) is 4.12. The molecule has 0 saturated carbocycles. The highest BCUT2D eigenvalue weighted by Gasteiger charge is 2.32.